The zero-order valence-corrected chi connectivity index (χ0v) is 13.2. The predicted octanol–water partition coefficient (Wildman–Crippen LogP) is 1.26. The molecule has 0 spiro atoms. The van der Waals surface area contributed by atoms with E-state index in [0.29, 0.717) is 0 Å². The molecule has 1 aliphatic rings. The van der Waals surface area contributed by atoms with Crippen LogP contribution in [0.2, 0.25) is 0 Å². The molecule has 3 heterocycles. The fraction of sp³-hybridized carbons (Fsp3) is 0.438. The Labute approximate surface area is 131 Å². The third kappa shape index (κ3) is 3.51. The van der Waals surface area contributed by atoms with Crippen LogP contribution in [-0.2, 0) is 6.54 Å². The van der Waals surface area contributed by atoms with Gasteiger partial charge in [0.1, 0.15) is 18.0 Å². The van der Waals surface area contributed by atoms with Gasteiger partial charge in [-0.1, -0.05) is 6.07 Å². The largest absolute Gasteiger partial charge is 0.363 e. The van der Waals surface area contributed by atoms with E-state index in [1.54, 1.807) is 6.33 Å². The van der Waals surface area contributed by atoms with E-state index in [4.69, 9.17) is 0 Å². The Kier molecular flexibility index (Phi) is 4.48. The zero-order valence-electron chi connectivity index (χ0n) is 13.2. The Morgan fingerprint density at radius 2 is 1.86 bits per heavy atom. The maximum atomic E-state index is 4.41. The van der Waals surface area contributed by atoms with Gasteiger partial charge in [0, 0.05) is 59.1 Å². The van der Waals surface area contributed by atoms with Crippen molar-refractivity contribution in [1.82, 2.24) is 19.9 Å². The van der Waals surface area contributed by atoms with Gasteiger partial charge >= 0.3 is 0 Å². The second-order valence-corrected chi connectivity index (χ2v) is 5.71. The average Bonchev–Trinajstić information content (AvgIpc) is 2.56. The SMILES string of the molecule is CN(C)c1cc(N2CCN(Cc3ccccn3)CC2)ncn1. The highest BCUT2D eigenvalue weighted by Gasteiger charge is 2.19. The summed E-state index contributed by atoms with van der Waals surface area (Å²) in [7, 11) is 3.99. The highest BCUT2D eigenvalue weighted by Crippen LogP contribution is 2.18. The molecule has 6 nitrogen and oxygen atoms in total. The molecule has 2 aromatic heterocycles. The van der Waals surface area contributed by atoms with Crippen molar-refractivity contribution < 1.29 is 0 Å². The first kappa shape index (κ1) is 14.7. The Bertz CT molecular complexity index is 593. The van der Waals surface area contributed by atoms with Crippen LogP contribution in [0, 0.1) is 0 Å². The molecule has 3 rings (SSSR count). The van der Waals surface area contributed by atoms with Crippen molar-refractivity contribution in [2.45, 2.75) is 6.54 Å². The fourth-order valence-electron chi connectivity index (χ4n) is 2.61. The number of aromatic nitrogens is 3. The van der Waals surface area contributed by atoms with Gasteiger partial charge in [-0.05, 0) is 12.1 Å². The maximum Gasteiger partial charge on any atom is 0.134 e. The summed E-state index contributed by atoms with van der Waals surface area (Å²) in [6.07, 6.45) is 3.50. The first-order valence-electron chi connectivity index (χ1n) is 7.59. The minimum Gasteiger partial charge on any atom is -0.363 e. The van der Waals surface area contributed by atoms with Crippen LogP contribution >= 0.6 is 0 Å². The number of pyridine rings is 1. The average molecular weight is 298 g/mol. The first-order valence-corrected chi connectivity index (χ1v) is 7.59. The molecule has 0 aliphatic carbocycles. The summed E-state index contributed by atoms with van der Waals surface area (Å²) < 4.78 is 0. The Balaban J connectivity index is 1.58. The molecular formula is C16H22N6. The molecule has 0 N–H and O–H groups in total. The molecule has 0 unspecified atom stereocenters. The van der Waals surface area contributed by atoms with E-state index < -0.39 is 0 Å². The van der Waals surface area contributed by atoms with Crippen molar-refractivity contribution in [3.05, 3.63) is 42.5 Å². The van der Waals surface area contributed by atoms with Crippen molar-refractivity contribution in [3.63, 3.8) is 0 Å². The van der Waals surface area contributed by atoms with Crippen LogP contribution in [0.4, 0.5) is 11.6 Å². The van der Waals surface area contributed by atoms with Crippen molar-refractivity contribution in [1.29, 1.82) is 0 Å². The number of nitrogens with zero attached hydrogens (tertiary/aromatic N) is 6. The van der Waals surface area contributed by atoms with Crippen molar-refractivity contribution in [2.24, 2.45) is 0 Å². The Hall–Kier alpha value is -2.21. The highest BCUT2D eigenvalue weighted by molar-refractivity contribution is 5.49. The van der Waals surface area contributed by atoms with Gasteiger partial charge in [0.2, 0.25) is 0 Å². The van der Waals surface area contributed by atoms with E-state index >= 15 is 0 Å². The summed E-state index contributed by atoms with van der Waals surface area (Å²) in [5.41, 5.74) is 1.13. The van der Waals surface area contributed by atoms with E-state index in [2.05, 4.69) is 36.9 Å². The third-order valence-electron chi connectivity index (χ3n) is 3.90. The summed E-state index contributed by atoms with van der Waals surface area (Å²) in [6.45, 7) is 4.94. The predicted molar refractivity (Wildman–Crippen MR) is 88.1 cm³/mol. The van der Waals surface area contributed by atoms with Gasteiger partial charge in [0.05, 0.1) is 5.69 Å². The molecule has 22 heavy (non-hydrogen) atoms. The molecule has 1 fully saturated rings. The van der Waals surface area contributed by atoms with E-state index in [-0.39, 0.29) is 0 Å². The van der Waals surface area contributed by atoms with E-state index in [0.717, 1.165) is 50.1 Å². The Morgan fingerprint density at radius 1 is 1.05 bits per heavy atom. The summed E-state index contributed by atoms with van der Waals surface area (Å²) in [6, 6.07) is 8.13. The minimum absolute atomic E-state index is 0.918. The number of hydrogen-bond acceptors (Lipinski definition) is 6. The number of rotatable bonds is 4. The molecule has 0 saturated carbocycles. The summed E-state index contributed by atoms with van der Waals surface area (Å²) >= 11 is 0. The Morgan fingerprint density at radius 3 is 2.55 bits per heavy atom. The topological polar surface area (TPSA) is 48.4 Å². The van der Waals surface area contributed by atoms with Crippen LogP contribution in [-0.4, -0.2) is 60.1 Å². The molecule has 116 valence electrons. The number of piperazine rings is 1. The molecule has 0 radical (unpaired) electrons. The van der Waals surface area contributed by atoms with Crippen molar-refractivity contribution in [3.8, 4) is 0 Å². The maximum absolute atomic E-state index is 4.41. The number of anilines is 2. The molecule has 0 bridgehead atoms. The zero-order chi connectivity index (χ0) is 15.4. The second-order valence-electron chi connectivity index (χ2n) is 5.71. The quantitative estimate of drug-likeness (QED) is 0.847. The van der Waals surface area contributed by atoms with E-state index in [1.807, 2.05) is 37.3 Å². The van der Waals surface area contributed by atoms with Gasteiger partial charge in [-0.15, -0.1) is 0 Å². The summed E-state index contributed by atoms with van der Waals surface area (Å²) in [5.74, 6) is 1.96. The lowest BCUT2D eigenvalue weighted by Crippen LogP contribution is -2.46. The number of hydrogen-bond donors (Lipinski definition) is 0. The summed E-state index contributed by atoms with van der Waals surface area (Å²) in [4.78, 5) is 19.8. The summed E-state index contributed by atoms with van der Waals surface area (Å²) in [5, 5.41) is 0. The molecule has 0 aromatic carbocycles. The van der Waals surface area contributed by atoms with Crippen LogP contribution in [0.25, 0.3) is 0 Å². The van der Waals surface area contributed by atoms with Crippen LogP contribution in [0.15, 0.2) is 36.8 Å². The van der Waals surface area contributed by atoms with Gasteiger partial charge in [-0.2, -0.15) is 0 Å². The molecular weight excluding hydrogens is 276 g/mol. The highest BCUT2D eigenvalue weighted by atomic mass is 15.3. The monoisotopic (exact) mass is 298 g/mol. The lowest BCUT2D eigenvalue weighted by molar-refractivity contribution is 0.246. The first-order chi connectivity index (χ1) is 10.7. The van der Waals surface area contributed by atoms with Gasteiger partial charge in [-0.25, -0.2) is 9.97 Å². The molecule has 1 saturated heterocycles. The van der Waals surface area contributed by atoms with Gasteiger partial charge in [0.25, 0.3) is 0 Å². The molecule has 0 amide bonds. The van der Waals surface area contributed by atoms with Gasteiger partial charge in [0.15, 0.2) is 0 Å². The van der Waals surface area contributed by atoms with E-state index in [1.165, 1.54) is 0 Å². The van der Waals surface area contributed by atoms with Crippen LogP contribution in [0.1, 0.15) is 5.69 Å². The molecule has 1 aliphatic heterocycles. The fourth-order valence-corrected chi connectivity index (χ4v) is 2.61. The van der Waals surface area contributed by atoms with Crippen LogP contribution < -0.4 is 9.80 Å². The van der Waals surface area contributed by atoms with Crippen molar-refractivity contribution in [2.75, 3.05) is 50.1 Å². The van der Waals surface area contributed by atoms with Gasteiger partial charge in [-0.3, -0.25) is 9.88 Å². The molecule has 2 aromatic rings. The van der Waals surface area contributed by atoms with Crippen molar-refractivity contribution >= 4 is 11.6 Å². The second kappa shape index (κ2) is 6.70. The smallest absolute Gasteiger partial charge is 0.134 e. The van der Waals surface area contributed by atoms with Gasteiger partial charge < -0.3 is 9.80 Å². The minimum atomic E-state index is 0.918. The lowest BCUT2D eigenvalue weighted by Gasteiger charge is -2.35. The molecule has 6 heteroatoms. The van der Waals surface area contributed by atoms with Crippen LogP contribution in [0.5, 0.6) is 0 Å². The standard InChI is InChI=1S/C16H22N6/c1-20(2)15-11-16(19-13-18-15)22-9-7-21(8-10-22)12-14-5-3-4-6-17-14/h3-6,11,13H,7-10,12H2,1-2H3. The lowest BCUT2D eigenvalue weighted by atomic mass is 10.2. The normalized spacial score (nSPS) is 15.8. The van der Waals surface area contributed by atoms with E-state index in [9.17, 15) is 0 Å². The molecule has 0 atom stereocenters. The third-order valence-corrected chi connectivity index (χ3v) is 3.90. The van der Waals surface area contributed by atoms with Crippen LogP contribution in [0.3, 0.4) is 0 Å².